The Balaban J connectivity index is 1.64. The molecule has 7 heteroatoms. The average Bonchev–Trinajstić information content (AvgIpc) is 3.02. The van der Waals surface area contributed by atoms with Crippen molar-refractivity contribution in [1.82, 2.24) is 9.55 Å². The van der Waals surface area contributed by atoms with E-state index in [9.17, 15) is 15.2 Å². The number of hydrogen-bond acceptors (Lipinski definition) is 5. The first kappa shape index (κ1) is 18.4. The lowest BCUT2D eigenvalue weighted by Crippen LogP contribution is -2.01. The van der Waals surface area contributed by atoms with Crippen molar-refractivity contribution in [2.75, 3.05) is 0 Å². The molecule has 144 valence electrons. The van der Waals surface area contributed by atoms with Gasteiger partial charge in [0.2, 0.25) is 0 Å². The summed E-state index contributed by atoms with van der Waals surface area (Å²) in [7, 11) is 0. The molecule has 4 aromatic rings. The van der Waals surface area contributed by atoms with Crippen LogP contribution in [0.5, 0.6) is 5.75 Å². The molecule has 0 aliphatic heterocycles. The summed E-state index contributed by atoms with van der Waals surface area (Å²) in [5.74, 6) is 0.838. The summed E-state index contributed by atoms with van der Waals surface area (Å²) in [6.07, 6.45) is 1.41. The molecular weight excluding hydrogens is 368 g/mol. The van der Waals surface area contributed by atoms with Crippen molar-refractivity contribution >= 4 is 28.6 Å². The van der Waals surface area contributed by atoms with Gasteiger partial charge in [-0.2, -0.15) is 0 Å². The largest absolute Gasteiger partial charge is 0.507 e. The third kappa shape index (κ3) is 3.84. The van der Waals surface area contributed by atoms with Gasteiger partial charge in [0.25, 0.3) is 5.69 Å². The monoisotopic (exact) mass is 386 g/mol. The molecule has 29 heavy (non-hydrogen) atoms. The number of rotatable bonds is 5. The lowest BCUT2D eigenvalue weighted by molar-refractivity contribution is -0.384. The molecular formula is C22H18N4O3. The smallest absolute Gasteiger partial charge is 0.270 e. The highest BCUT2D eigenvalue weighted by Crippen LogP contribution is 2.25. The molecule has 0 radical (unpaired) electrons. The molecule has 0 atom stereocenters. The number of aliphatic imine (C=N–C) groups is 1. The summed E-state index contributed by atoms with van der Waals surface area (Å²) >= 11 is 0. The van der Waals surface area contributed by atoms with Crippen LogP contribution in [0, 0.1) is 17.0 Å². The molecule has 0 bridgehead atoms. The number of imidazole rings is 1. The highest BCUT2D eigenvalue weighted by atomic mass is 16.6. The zero-order valence-electron chi connectivity index (χ0n) is 15.7. The minimum atomic E-state index is -0.509. The van der Waals surface area contributed by atoms with E-state index in [4.69, 9.17) is 0 Å². The van der Waals surface area contributed by atoms with Crippen LogP contribution in [0.4, 0.5) is 11.4 Å². The van der Waals surface area contributed by atoms with Gasteiger partial charge < -0.3 is 9.67 Å². The number of hydrogen-bond donors (Lipinski definition) is 1. The lowest BCUT2D eigenvalue weighted by Gasteiger charge is -2.07. The second-order valence-corrected chi connectivity index (χ2v) is 6.66. The molecule has 0 unspecified atom stereocenters. The number of non-ortho nitro benzene ring substituents is 1. The third-order valence-corrected chi connectivity index (χ3v) is 4.68. The Bertz CT molecular complexity index is 1230. The maximum absolute atomic E-state index is 10.9. The van der Waals surface area contributed by atoms with Crippen LogP contribution in [0.1, 0.15) is 17.0 Å². The van der Waals surface area contributed by atoms with E-state index in [2.05, 4.69) is 26.7 Å². The fraction of sp³-hybridized carbons (Fsp3) is 0.0909. The van der Waals surface area contributed by atoms with Crippen LogP contribution in [-0.2, 0) is 6.54 Å². The molecule has 0 amide bonds. The van der Waals surface area contributed by atoms with E-state index in [1.54, 1.807) is 0 Å². The Labute approximate surface area is 166 Å². The first-order chi connectivity index (χ1) is 14.0. The van der Waals surface area contributed by atoms with E-state index in [0.29, 0.717) is 5.69 Å². The number of nitrogens with zero attached hydrogens (tertiary/aromatic N) is 4. The van der Waals surface area contributed by atoms with Crippen LogP contribution in [0.3, 0.4) is 0 Å². The first-order valence-corrected chi connectivity index (χ1v) is 9.03. The van der Waals surface area contributed by atoms with Gasteiger partial charge >= 0.3 is 0 Å². The average molecular weight is 386 g/mol. The lowest BCUT2D eigenvalue weighted by atomic mass is 10.2. The summed E-state index contributed by atoms with van der Waals surface area (Å²) in [4.78, 5) is 19.4. The summed E-state index contributed by atoms with van der Waals surface area (Å²) in [5.41, 5.74) is 3.84. The van der Waals surface area contributed by atoms with Crippen LogP contribution < -0.4 is 0 Å². The quantitative estimate of drug-likeness (QED) is 0.304. The van der Waals surface area contributed by atoms with Crippen molar-refractivity contribution in [3.8, 4) is 5.75 Å². The van der Waals surface area contributed by atoms with E-state index < -0.39 is 4.92 Å². The Morgan fingerprint density at radius 3 is 2.69 bits per heavy atom. The minimum absolute atomic E-state index is 0.0663. The Morgan fingerprint density at radius 2 is 1.93 bits per heavy atom. The molecule has 7 nitrogen and oxygen atoms in total. The molecule has 0 saturated carbocycles. The van der Waals surface area contributed by atoms with Crippen molar-refractivity contribution in [2.24, 2.45) is 4.99 Å². The highest BCUT2D eigenvalue weighted by molar-refractivity contribution is 5.88. The van der Waals surface area contributed by atoms with E-state index in [1.807, 2.05) is 43.3 Å². The van der Waals surface area contributed by atoms with E-state index in [-0.39, 0.29) is 17.0 Å². The van der Waals surface area contributed by atoms with Gasteiger partial charge in [0.15, 0.2) is 0 Å². The predicted octanol–water partition coefficient (Wildman–Crippen LogP) is 4.76. The molecule has 0 aliphatic rings. The number of benzene rings is 3. The number of nitro groups is 1. The van der Waals surface area contributed by atoms with E-state index in [1.165, 1.54) is 30.0 Å². The van der Waals surface area contributed by atoms with E-state index in [0.717, 1.165) is 23.4 Å². The van der Waals surface area contributed by atoms with Gasteiger partial charge in [-0.05, 0) is 36.8 Å². The fourth-order valence-corrected chi connectivity index (χ4v) is 3.19. The van der Waals surface area contributed by atoms with Gasteiger partial charge in [-0.3, -0.25) is 15.1 Å². The number of aromatic hydroxyl groups is 1. The number of fused-ring (bicyclic) bond motifs is 1. The SMILES string of the molecule is Cc1nc2cc(N=Cc3cc([N+](=O)[O-])ccc3O)ccc2n1Cc1ccccc1. The van der Waals surface area contributed by atoms with Crippen LogP contribution >= 0.6 is 0 Å². The number of phenolic OH excluding ortho intramolecular Hbond substituents is 1. The molecule has 3 aromatic carbocycles. The minimum Gasteiger partial charge on any atom is -0.507 e. The summed E-state index contributed by atoms with van der Waals surface area (Å²) in [6, 6.07) is 19.7. The molecule has 0 spiro atoms. The molecule has 0 saturated heterocycles. The van der Waals surface area contributed by atoms with Gasteiger partial charge in [0, 0.05) is 30.5 Å². The summed E-state index contributed by atoms with van der Waals surface area (Å²) < 4.78 is 2.14. The Kier molecular flexibility index (Phi) is 4.78. The number of aromatic nitrogens is 2. The zero-order valence-corrected chi connectivity index (χ0v) is 15.7. The van der Waals surface area contributed by atoms with Crippen molar-refractivity contribution in [1.29, 1.82) is 0 Å². The number of phenols is 1. The molecule has 0 fully saturated rings. The number of aryl methyl sites for hydroxylation is 1. The second kappa shape index (κ2) is 7.55. The van der Waals surface area contributed by atoms with Gasteiger partial charge in [0.1, 0.15) is 11.6 Å². The Morgan fingerprint density at radius 1 is 1.14 bits per heavy atom. The summed E-state index contributed by atoms with van der Waals surface area (Å²) in [6.45, 7) is 2.69. The second-order valence-electron chi connectivity index (χ2n) is 6.66. The molecule has 1 aromatic heterocycles. The van der Waals surface area contributed by atoms with Crippen LogP contribution in [0.25, 0.3) is 11.0 Å². The van der Waals surface area contributed by atoms with Crippen molar-refractivity contribution in [2.45, 2.75) is 13.5 Å². The van der Waals surface area contributed by atoms with Crippen LogP contribution in [0.2, 0.25) is 0 Å². The normalized spacial score (nSPS) is 11.3. The van der Waals surface area contributed by atoms with Gasteiger partial charge in [-0.25, -0.2) is 4.98 Å². The fourth-order valence-electron chi connectivity index (χ4n) is 3.19. The molecule has 4 rings (SSSR count). The van der Waals surface area contributed by atoms with Gasteiger partial charge in [-0.15, -0.1) is 0 Å². The molecule has 1 heterocycles. The van der Waals surface area contributed by atoms with Crippen molar-refractivity contribution in [3.05, 3.63) is 93.8 Å². The zero-order chi connectivity index (χ0) is 20.4. The molecule has 0 aliphatic carbocycles. The maximum atomic E-state index is 10.9. The van der Waals surface area contributed by atoms with Gasteiger partial charge in [0.05, 0.1) is 21.6 Å². The van der Waals surface area contributed by atoms with Crippen molar-refractivity contribution < 1.29 is 10.0 Å². The van der Waals surface area contributed by atoms with E-state index >= 15 is 0 Å². The first-order valence-electron chi connectivity index (χ1n) is 9.03. The van der Waals surface area contributed by atoms with Crippen LogP contribution in [-0.4, -0.2) is 25.8 Å². The standard InChI is InChI=1S/C22H18N4O3/c1-15-24-20-12-18(23-13-17-11-19(26(28)29)8-10-22(17)27)7-9-21(20)25(15)14-16-5-3-2-4-6-16/h2-13,27H,14H2,1H3. The third-order valence-electron chi connectivity index (χ3n) is 4.68. The topological polar surface area (TPSA) is 93.6 Å². The maximum Gasteiger partial charge on any atom is 0.270 e. The predicted molar refractivity (Wildman–Crippen MR) is 112 cm³/mol. The van der Waals surface area contributed by atoms with Crippen LogP contribution in [0.15, 0.2) is 71.7 Å². The molecule has 1 N–H and O–H groups in total. The van der Waals surface area contributed by atoms with Crippen molar-refractivity contribution in [3.63, 3.8) is 0 Å². The highest BCUT2D eigenvalue weighted by Gasteiger charge is 2.10. The Hall–Kier alpha value is -4.00. The number of nitro benzene ring substituents is 1. The summed E-state index contributed by atoms with van der Waals surface area (Å²) in [5, 5.41) is 20.8. The van der Waals surface area contributed by atoms with Gasteiger partial charge in [-0.1, -0.05) is 30.3 Å².